The zero-order valence-electron chi connectivity index (χ0n) is 15.2. The maximum Gasteiger partial charge on any atom is 0.309 e. The highest BCUT2D eigenvalue weighted by Crippen LogP contribution is 2.24. The van der Waals surface area contributed by atoms with Crippen molar-refractivity contribution in [2.45, 2.75) is 85.5 Å². The van der Waals surface area contributed by atoms with Crippen LogP contribution in [0.2, 0.25) is 0 Å². The monoisotopic (exact) mass is 326 g/mol. The average molecular weight is 326 g/mol. The Hall–Kier alpha value is -1.32. The lowest BCUT2D eigenvalue weighted by molar-refractivity contribution is -0.148. The van der Waals surface area contributed by atoms with Gasteiger partial charge in [-0.2, -0.15) is 0 Å². The first kappa shape index (κ1) is 21.7. The van der Waals surface area contributed by atoms with Crippen LogP contribution < -0.4 is 0 Å². The molecule has 0 aromatic heterocycles. The predicted octanol–water partition coefficient (Wildman–Crippen LogP) is 5.28. The normalized spacial score (nSPS) is 12.7. The number of carboxylic acid groups (broad SMARTS) is 2. The van der Waals surface area contributed by atoms with E-state index in [-0.39, 0.29) is 0 Å². The number of allylic oxidation sites excluding steroid dienone is 2. The summed E-state index contributed by atoms with van der Waals surface area (Å²) >= 11 is 0. The molecule has 0 heterocycles. The van der Waals surface area contributed by atoms with Crippen LogP contribution >= 0.6 is 0 Å². The Morgan fingerprint density at radius 1 is 0.696 bits per heavy atom. The Kier molecular flexibility index (Phi) is 9.85. The molecule has 4 heteroatoms. The maximum atomic E-state index is 11.0. The summed E-state index contributed by atoms with van der Waals surface area (Å²) in [6.45, 7) is 7.11. The SMILES string of the molecule is CC(C)(CCCC/C=C/CCCCCC(C)(C)C(=O)O)C(=O)O. The van der Waals surface area contributed by atoms with Gasteiger partial charge in [-0.15, -0.1) is 0 Å². The van der Waals surface area contributed by atoms with Crippen LogP contribution in [0.5, 0.6) is 0 Å². The van der Waals surface area contributed by atoms with Gasteiger partial charge in [0.1, 0.15) is 0 Å². The third kappa shape index (κ3) is 10.1. The molecule has 0 fully saturated rings. The molecule has 0 aliphatic heterocycles. The molecule has 0 aliphatic carbocycles. The quantitative estimate of drug-likeness (QED) is 0.357. The van der Waals surface area contributed by atoms with Gasteiger partial charge < -0.3 is 10.2 Å². The van der Waals surface area contributed by atoms with E-state index in [1.165, 1.54) is 0 Å². The van der Waals surface area contributed by atoms with Crippen molar-refractivity contribution in [3.63, 3.8) is 0 Å². The average Bonchev–Trinajstić information content (AvgIpc) is 2.44. The second-order valence-electron chi connectivity index (χ2n) is 7.69. The highest BCUT2D eigenvalue weighted by molar-refractivity contribution is 5.73. The van der Waals surface area contributed by atoms with Crippen molar-refractivity contribution in [3.8, 4) is 0 Å². The molecule has 0 aromatic rings. The summed E-state index contributed by atoms with van der Waals surface area (Å²) in [4.78, 5) is 21.9. The fraction of sp³-hybridized carbons (Fsp3) is 0.789. The van der Waals surface area contributed by atoms with E-state index < -0.39 is 22.8 Å². The lowest BCUT2D eigenvalue weighted by atomic mass is 9.87. The van der Waals surface area contributed by atoms with E-state index in [1.54, 1.807) is 27.7 Å². The Labute approximate surface area is 141 Å². The molecule has 0 rings (SSSR count). The van der Waals surface area contributed by atoms with Crippen LogP contribution in [0.3, 0.4) is 0 Å². The second-order valence-corrected chi connectivity index (χ2v) is 7.69. The summed E-state index contributed by atoms with van der Waals surface area (Å²) in [5, 5.41) is 18.0. The van der Waals surface area contributed by atoms with Gasteiger partial charge in [0.2, 0.25) is 0 Å². The minimum absolute atomic E-state index is 0.612. The van der Waals surface area contributed by atoms with E-state index in [9.17, 15) is 9.59 Å². The molecule has 0 amide bonds. The van der Waals surface area contributed by atoms with Crippen LogP contribution in [0, 0.1) is 10.8 Å². The highest BCUT2D eigenvalue weighted by atomic mass is 16.4. The van der Waals surface area contributed by atoms with Crippen LogP contribution in [0.4, 0.5) is 0 Å². The Balaban J connectivity index is 3.56. The van der Waals surface area contributed by atoms with Crippen LogP contribution in [0.25, 0.3) is 0 Å². The van der Waals surface area contributed by atoms with Crippen LogP contribution in [-0.2, 0) is 9.59 Å². The summed E-state index contributed by atoms with van der Waals surface area (Å²) in [5.41, 5.74) is -1.23. The van der Waals surface area contributed by atoms with Crippen LogP contribution in [-0.4, -0.2) is 22.2 Å². The largest absolute Gasteiger partial charge is 0.481 e. The van der Waals surface area contributed by atoms with E-state index in [4.69, 9.17) is 10.2 Å². The molecule has 23 heavy (non-hydrogen) atoms. The molecule has 0 spiro atoms. The van der Waals surface area contributed by atoms with Gasteiger partial charge in [0.15, 0.2) is 0 Å². The summed E-state index contributed by atoms with van der Waals surface area (Å²) in [6.07, 6.45) is 12.9. The third-order valence-electron chi connectivity index (χ3n) is 4.42. The van der Waals surface area contributed by atoms with Gasteiger partial charge in [-0.25, -0.2) is 0 Å². The first-order valence-corrected chi connectivity index (χ1v) is 8.71. The molecule has 0 aliphatic rings. The van der Waals surface area contributed by atoms with Gasteiger partial charge in [-0.05, 0) is 66.2 Å². The lowest BCUT2D eigenvalue weighted by Gasteiger charge is -2.18. The highest BCUT2D eigenvalue weighted by Gasteiger charge is 2.26. The van der Waals surface area contributed by atoms with Crippen molar-refractivity contribution in [3.05, 3.63) is 12.2 Å². The summed E-state index contributed by atoms with van der Waals surface area (Å²) in [6, 6.07) is 0. The van der Waals surface area contributed by atoms with E-state index in [0.717, 1.165) is 57.8 Å². The number of unbranched alkanes of at least 4 members (excludes halogenated alkanes) is 5. The standard InChI is InChI=1S/C19H34O4/c1-18(2,16(20)21)14-12-10-8-6-5-7-9-11-13-15-19(3,4)17(22)23/h5-6H,7-15H2,1-4H3,(H,20,21)(H,22,23)/b6-5+. The molecule has 0 radical (unpaired) electrons. The molecule has 134 valence electrons. The van der Waals surface area contributed by atoms with Crippen molar-refractivity contribution < 1.29 is 19.8 Å². The minimum atomic E-state index is -0.723. The number of hydrogen-bond donors (Lipinski definition) is 2. The summed E-state index contributed by atoms with van der Waals surface area (Å²) in [5.74, 6) is -1.44. The van der Waals surface area contributed by atoms with Gasteiger partial charge in [0.25, 0.3) is 0 Å². The van der Waals surface area contributed by atoms with E-state index >= 15 is 0 Å². The van der Waals surface area contributed by atoms with E-state index in [0.29, 0.717) is 0 Å². The zero-order valence-corrected chi connectivity index (χ0v) is 15.2. The Morgan fingerprint density at radius 2 is 1.04 bits per heavy atom. The number of carboxylic acids is 2. The number of carbonyl (C=O) groups is 2. The van der Waals surface area contributed by atoms with Crippen LogP contribution in [0.1, 0.15) is 85.5 Å². The van der Waals surface area contributed by atoms with Crippen molar-refractivity contribution >= 4 is 11.9 Å². The Bertz CT molecular complexity index is 394. The topological polar surface area (TPSA) is 74.6 Å². The van der Waals surface area contributed by atoms with Crippen molar-refractivity contribution in [1.29, 1.82) is 0 Å². The molecule has 2 N–H and O–H groups in total. The maximum absolute atomic E-state index is 11.0. The lowest BCUT2D eigenvalue weighted by Crippen LogP contribution is -2.23. The number of hydrogen-bond acceptors (Lipinski definition) is 2. The first-order valence-electron chi connectivity index (χ1n) is 8.71. The van der Waals surface area contributed by atoms with Gasteiger partial charge in [0.05, 0.1) is 10.8 Å². The minimum Gasteiger partial charge on any atom is -0.481 e. The molecule has 0 atom stereocenters. The third-order valence-corrected chi connectivity index (χ3v) is 4.42. The molecule has 0 unspecified atom stereocenters. The summed E-state index contributed by atoms with van der Waals surface area (Å²) < 4.78 is 0. The number of rotatable bonds is 13. The zero-order chi connectivity index (χ0) is 17.9. The molecule has 0 bridgehead atoms. The number of aliphatic carboxylic acids is 2. The molecule has 0 saturated heterocycles. The van der Waals surface area contributed by atoms with Crippen LogP contribution in [0.15, 0.2) is 12.2 Å². The summed E-state index contributed by atoms with van der Waals surface area (Å²) in [7, 11) is 0. The van der Waals surface area contributed by atoms with E-state index in [2.05, 4.69) is 12.2 Å². The molecule has 0 saturated carbocycles. The Morgan fingerprint density at radius 3 is 1.43 bits per heavy atom. The van der Waals surface area contributed by atoms with Crippen molar-refractivity contribution in [2.75, 3.05) is 0 Å². The van der Waals surface area contributed by atoms with E-state index in [1.807, 2.05) is 0 Å². The van der Waals surface area contributed by atoms with Crippen molar-refractivity contribution in [2.24, 2.45) is 10.8 Å². The fourth-order valence-electron chi connectivity index (χ4n) is 2.28. The smallest absolute Gasteiger partial charge is 0.309 e. The molecule has 4 nitrogen and oxygen atoms in total. The predicted molar refractivity (Wildman–Crippen MR) is 93.5 cm³/mol. The molecular formula is C19H34O4. The first-order chi connectivity index (χ1) is 10.6. The fourth-order valence-corrected chi connectivity index (χ4v) is 2.28. The molecule has 0 aromatic carbocycles. The van der Waals surface area contributed by atoms with Gasteiger partial charge >= 0.3 is 11.9 Å². The van der Waals surface area contributed by atoms with Gasteiger partial charge in [0, 0.05) is 0 Å². The van der Waals surface area contributed by atoms with Crippen molar-refractivity contribution in [1.82, 2.24) is 0 Å². The van der Waals surface area contributed by atoms with Gasteiger partial charge in [-0.3, -0.25) is 9.59 Å². The molecular weight excluding hydrogens is 292 g/mol. The second kappa shape index (κ2) is 10.5. The van der Waals surface area contributed by atoms with Gasteiger partial charge in [-0.1, -0.05) is 31.4 Å².